The molecule has 0 aromatic carbocycles. The highest BCUT2D eigenvalue weighted by atomic mass is 16.2. The topological polar surface area (TPSA) is 75.4 Å². The third-order valence-corrected chi connectivity index (χ3v) is 2.33. The zero-order valence-electron chi connectivity index (χ0n) is 7.91. The van der Waals surface area contributed by atoms with E-state index < -0.39 is 6.03 Å². The van der Waals surface area contributed by atoms with E-state index in [1.165, 1.54) is 0 Å². The number of nitrogens with zero attached hydrogens (tertiary/aromatic N) is 1. The van der Waals surface area contributed by atoms with Crippen LogP contribution in [0.1, 0.15) is 20.3 Å². The van der Waals surface area contributed by atoms with E-state index >= 15 is 0 Å². The molecule has 3 N–H and O–H groups in total. The van der Waals surface area contributed by atoms with Crippen molar-refractivity contribution in [1.29, 1.82) is 0 Å². The average molecular weight is 185 g/mol. The van der Waals surface area contributed by atoms with Crippen LogP contribution in [0.25, 0.3) is 0 Å². The highest BCUT2D eigenvalue weighted by molar-refractivity contribution is 5.84. The van der Waals surface area contributed by atoms with Gasteiger partial charge in [-0.15, -0.1) is 0 Å². The van der Waals surface area contributed by atoms with Crippen LogP contribution in [-0.4, -0.2) is 35.5 Å². The fourth-order valence-corrected chi connectivity index (χ4v) is 1.76. The zero-order chi connectivity index (χ0) is 10.0. The van der Waals surface area contributed by atoms with E-state index in [9.17, 15) is 9.59 Å². The fraction of sp³-hybridized carbons (Fsp3) is 0.750. The molecule has 1 rings (SSSR count). The first-order valence-corrected chi connectivity index (χ1v) is 4.37. The van der Waals surface area contributed by atoms with Gasteiger partial charge in [0.05, 0.1) is 6.54 Å². The van der Waals surface area contributed by atoms with Crippen molar-refractivity contribution in [3.8, 4) is 0 Å². The van der Waals surface area contributed by atoms with Crippen molar-refractivity contribution < 1.29 is 9.59 Å². The van der Waals surface area contributed by atoms with Crippen molar-refractivity contribution in [2.75, 3.05) is 6.54 Å². The molecule has 3 amide bonds. The summed E-state index contributed by atoms with van der Waals surface area (Å²) in [7, 11) is 0. The number of rotatable bonds is 2. The van der Waals surface area contributed by atoms with Crippen molar-refractivity contribution in [2.24, 2.45) is 5.73 Å². The second-order valence-corrected chi connectivity index (χ2v) is 3.45. The highest BCUT2D eigenvalue weighted by Gasteiger charge is 2.35. The smallest absolute Gasteiger partial charge is 0.312 e. The van der Waals surface area contributed by atoms with Gasteiger partial charge in [-0.2, -0.15) is 0 Å². The van der Waals surface area contributed by atoms with Crippen LogP contribution in [0.2, 0.25) is 0 Å². The number of urea groups is 1. The van der Waals surface area contributed by atoms with E-state index in [1.807, 2.05) is 13.8 Å². The van der Waals surface area contributed by atoms with Crippen LogP contribution in [0.3, 0.4) is 0 Å². The van der Waals surface area contributed by atoms with Crippen LogP contribution in [0.15, 0.2) is 0 Å². The molecule has 0 bridgehead atoms. The summed E-state index contributed by atoms with van der Waals surface area (Å²) in [5.41, 5.74) is 4.85. The van der Waals surface area contributed by atoms with E-state index in [1.54, 1.807) is 4.90 Å². The molecular weight excluding hydrogens is 170 g/mol. The Morgan fingerprint density at radius 2 is 2.00 bits per heavy atom. The Kier molecular flexibility index (Phi) is 2.75. The number of carbonyl (C=O) groups excluding carboxylic acids is 2. The predicted molar refractivity (Wildman–Crippen MR) is 48.0 cm³/mol. The number of amides is 3. The van der Waals surface area contributed by atoms with Gasteiger partial charge in [0.2, 0.25) is 5.91 Å². The first-order chi connectivity index (χ1) is 6.02. The monoisotopic (exact) mass is 185 g/mol. The van der Waals surface area contributed by atoms with Crippen LogP contribution < -0.4 is 11.1 Å². The molecule has 2 unspecified atom stereocenters. The van der Waals surface area contributed by atoms with E-state index in [0.717, 1.165) is 6.42 Å². The van der Waals surface area contributed by atoms with Crippen LogP contribution in [0.4, 0.5) is 4.79 Å². The van der Waals surface area contributed by atoms with Gasteiger partial charge in [-0.3, -0.25) is 4.79 Å². The van der Waals surface area contributed by atoms with Crippen LogP contribution >= 0.6 is 0 Å². The molecule has 74 valence electrons. The molecule has 0 aliphatic carbocycles. The lowest BCUT2D eigenvalue weighted by Gasteiger charge is -2.45. The molecule has 13 heavy (non-hydrogen) atoms. The van der Waals surface area contributed by atoms with Gasteiger partial charge in [-0.05, 0) is 20.3 Å². The molecule has 1 saturated heterocycles. The Morgan fingerprint density at radius 3 is 2.38 bits per heavy atom. The maximum absolute atomic E-state index is 11.4. The Labute approximate surface area is 77.3 Å². The number of hydrogen-bond acceptors (Lipinski definition) is 2. The number of primary amides is 1. The summed E-state index contributed by atoms with van der Waals surface area (Å²) >= 11 is 0. The molecule has 1 fully saturated rings. The van der Waals surface area contributed by atoms with Crippen molar-refractivity contribution in [3.05, 3.63) is 0 Å². The summed E-state index contributed by atoms with van der Waals surface area (Å²) < 4.78 is 0. The van der Waals surface area contributed by atoms with Gasteiger partial charge >= 0.3 is 6.03 Å². The van der Waals surface area contributed by atoms with Gasteiger partial charge in [-0.25, -0.2) is 4.79 Å². The number of nitrogens with two attached hydrogens (primary N) is 1. The van der Waals surface area contributed by atoms with E-state index in [4.69, 9.17) is 5.73 Å². The summed E-state index contributed by atoms with van der Waals surface area (Å²) in [6.45, 7) is 3.98. The quantitative estimate of drug-likeness (QED) is 0.617. The summed E-state index contributed by atoms with van der Waals surface area (Å²) in [5.74, 6) is -0.0648. The molecule has 5 nitrogen and oxygen atoms in total. The van der Waals surface area contributed by atoms with Gasteiger partial charge in [0.1, 0.15) is 0 Å². The van der Waals surface area contributed by atoms with Crippen LogP contribution in [0.5, 0.6) is 0 Å². The summed E-state index contributed by atoms with van der Waals surface area (Å²) in [6.07, 6.45) is 1.03. The zero-order valence-corrected chi connectivity index (χ0v) is 7.91. The van der Waals surface area contributed by atoms with Crippen molar-refractivity contribution in [2.45, 2.75) is 32.4 Å². The Hall–Kier alpha value is -1.26. The molecule has 0 spiro atoms. The minimum Gasteiger partial charge on any atom is -0.352 e. The first kappa shape index (κ1) is 9.83. The summed E-state index contributed by atoms with van der Waals surface area (Å²) in [5, 5.41) is 2.28. The maximum Gasteiger partial charge on any atom is 0.312 e. The molecule has 0 aromatic heterocycles. The minimum atomic E-state index is -0.658. The second-order valence-electron chi connectivity index (χ2n) is 3.45. The largest absolute Gasteiger partial charge is 0.352 e. The van der Waals surface area contributed by atoms with Crippen LogP contribution in [-0.2, 0) is 4.79 Å². The number of nitrogens with one attached hydrogen (secondary N) is 1. The Morgan fingerprint density at radius 1 is 1.46 bits per heavy atom. The highest BCUT2D eigenvalue weighted by Crippen LogP contribution is 2.24. The normalized spacial score (nSPS) is 26.5. The molecule has 0 aromatic rings. The number of likely N-dealkylation sites (tertiary alicyclic amines) is 1. The minimum absolute atomic E-state index is 0.00398. The van der Waals surface area contributed by atoms with Crippen molar-refractivity contribution >= 4 is 11.9 Å². The molecule has 1 heterocycles. The standard InChI is InChI=1S/C8H15N3O2/c1-5-3-6(2)11(5)7(12)4-10-8(9)13/h5-6H,3-4H2,1-2H3,(H3,9,10,13). The maximum atomic E-state index is 11.4. The van der Waals surface area contributed by atoms with Crippen molar-refractivity contribution in [3.63, 3.8) is 0 Å². The lowest BCUT2D eigenvalue weighted by molar-refractivity contribution is -0.141. The average Bonchev–Trinajstić information content (AvgIpc) is 2.00. The van der Waals surface area contributed by atoms with E-state index in [2.05, 4.69) is 5.32 Å². The van der Waals surface area contributed by atoms with Gasteiger partial charge < -0.3 is 16.0 Å². The summed E-state index contributed by atoms with van der Waals surface area (Å²) in [4.78, 5) is 23.5. The van der Waals surface area contributed by atoms with Gasteiger partial charge in [0, 0.05) is 12.1 Å². The Balaban J connectivity index is 2.35. The molecule has 1 aliphatic rings. The Bertz CT molecular complexity index is 221. The number of hydrogen-bond donors (Lipinski definition) is 2. The molecule has 2 atom stereocenters. The molecule has 1 aliphatic heterocycles. The second kappa shape index (κ2) is 3.64. The third-order valence-electron chi connectivity index (χ3n) is 2.33. The lowest BCUT2D eigenvalue weighted by Crippen LogP contribution is -2.58. The lowest BCUT2D eigenvalue weighted by atomic mass is 9.96. The van der Waals surface area contributed by atoms with Gasteiger partial charge in [0.15, 0.2) is 0 Å². The van der Waals surface area contributed by atoms with Crippen molar-refractivity contribution in [1.82, 2.24) is 10.2 Å². The molecule has 5 heteroatoms. The van der Waals surface area contributed by atoms with Gasteiger partial charge in [-0.1, -0.05) is 0 Å². The van der Waals surface area contributed by atoms with Crippen LogP contribution in [0, 0.1) is 0 Å². The molecule has 0 saturated carbocycles. The third kappa shape index (κ3) is 2.11. The predicted octanol–water partition coefficient (Wildman–Crippen LogP) is -0.336. The van der Waals surface area contributed by atoms with Gasteiger partial charge in [0.25, 0.3) is 0 Å². The van der Waals surface area contributed by atoms with E-state index in [0.29, 0.717) is 0 Å². The summed E-state index contributed by atoms with van der Waals surface area (Å²) in [6, 6.07) is -0.0801. The molecular formula is C8H15N3O2. The van der Waals surface area contributed by atoms with E-state index in [-0.39, 0.29) is 24.5 Å². The SMILES string of the molecule is CC1CC(C)N1C(=O)CNC(N)=O. The first-order valence-electron chi connectivity index (χ1n) is 4.37. The fourth-order valence-electron chi connectivity index (χ4n) is 1.76. The number of carbonyl (C=O) groups is 2. The molecule has 0 radical (unpaired) electrons.